The van der Waals surface area contributed by atoms with E-state index >= 15 is 0 Å². The summed E-state index contributed by atoms with van der Waals surface area (Å²) in [6.07, 6.45) is 0. The van der Waals surface area contributed by atoms with Crippen molar-refractivity contribution in [3.05, 3.63) is 47.7 Å². The van der Waals surface area contributed by atoms with Gasteiger partial charge in [0.1, 0.15) is 5.82 Å². The average molecular weight is 341 g/mol. The van der Waals surface area contributed by atoms with Crippen molar-refractivity contribution in [3.8, 4) is 0 Å². The molecule has 1 amide bonds. The Hall–Kier alpha value is -2.67. The molecule has 1 atom stereocenters. The van der Waals surface area contributed by atoms with E-state index in [1.54, 1.807) is 19.2 Å². The van der Waals surface area contributed by atoms with Crippen LogP contribution in [0.3, 0.4) is 0 Å². The molecule has 1 aromatic carbocycles. The fourth-order valence-corrected chi connectivity index (χ4v) is 2.76. The van der Waals surface area contributed by atoms with E-state index in [0.717, 1.165) is 31.9 Å². The van der Waals surface area contributed by atoms with Crippen LogP contribution in [-0.4, -0.2) is 49.5 Å². The maximum atomic E-state index is 11.5. The van der Waals surface area contributed by atoms with Crippen LogP contribution in [0.5, 0.6) is 0 Å². The Bertz CT molecular complexity index is 696. The van der Waals surface area contributed by atoms with Gasteiger partial charge in [-0.2, -0.15) is 0 Å². The molecule has 1 saturated heterocycles. The molecule has 1 aliphatic rings. The zero-order valence-electron chi connectivity index (χ0n) is 14.5. The molecule has 0 radical (unpaired) electrons. The third-order valence-electron chi connectivity index (χ3n) is 4.26. The number of ether oxygens (including phenoxy) is 1. The molecule has 1 aromatic heterocycles. The Morgan fingerprint density at radius 3 is 2.44 bits per heavy atom. The second kappa shape index (κ2) is 7.94. The summed E-state index contributed by atoms with van der Waals surface area (Å²) in [5, 5.41) is 13.8. The van der Waals surface area contributed by atoms with Crippen molar-refractivity contribution < 1.29 is 9.53 Å². The van der Waals surface area contributed by atoms with Crippen molar-refractivity contribution in [1.29, 1.82) is 0 Å². The van der Waals surface area contributed by atoms with Crippen LogP contribution >= 0.6 is 0 Å². The quantitative estimate of drug-likeness (QED) is 0.864. The molecule has 1 aliphatic heterocycles. The van der Waals surface area contributed by atoms with Crippen molar-refractivity contribution in [2.75, 3.05) is 43.6 Å². The predicted octanol–water partition coefficient (Wildman–Crippen LogP) is 1.85. The lowest BCUT2D eigenvalue weighted by Gasteiger charge is -2.29. The first-order chi connectivity index (χ1) is 12.2. The topological polar surface area (TPSA) is 79.4 Å². The molecule has 0 aliphatic carbocycles. The Kier molecular flexibility index (Phi) is 5.45. The number of amides is 1. The molecule has 2 N–H and O–H groups in total. The fourth-order valence-electron chi connectivity index (χ4n) is 2.76. The number of carbonyl (C=O) groups is 1. The van der Waals surface area contributed by atoms with E-state index in [1.165, 1.54) is 5.69 Å². The van der Waals surface area contributed by atoms with Gasteiger partial charge in [0.25, 0.3) is 5.91 Å². The molecule has 0 bridgehead atoms. The molecular weight excluding hydrogens is 318 g/mol. The zero-order valence-corrected chi connectivity index (χ0v) is 14.5. The highest BCUT2D eigenvalue weighted by Gasteiger charge is 2.13. The number of aromatic nitrogens is 2. The van der Waals surface area contributed by atoms with Gasteiger partial charge in [0, 0.05) is 25.8 Å². The number of hydrogen-bond donors (Lipinski definition) is 2. The number of morpholine rings is 1. The Morgan fingerprint density at radius 1 is 1.12 bits per heavy atom. The van der Waals surface area contributed by atoms with E-state index in [0.29, 0.717) is 11.5 Å². The maximum Gasteiger partial charge on any atom is 0.271 e. The van der Waals surface area contributed by atoms with Crippen LogP contribution in [0.25, 0.3) is 0 Å². The summed E-state index contributed by atoms with van der Waals surface area (Å²) in [5.74, 6) is 0.392. The van der Waals surface area contributed by atoms with Gasteiger partial charge in [-0.3, -0.25) is 4.79 Å². The lowest BCUT2D eigenvalue weighted by atomic mass is 10.1. The molecule has 0 saturated carbocycles. The van der Waals surface area contributed by atoms with Gasteiger partial charge in [0.05, 0.1) is 19.3 Å². The third-order valence-corrected chi connectivity index (χ3v) is 4.26. The Morgan fingerprint density at radius 2 is 1.84 bits per heavy atom. The van der Waals surface area contributed by atoms with E-state index in [2.05, 4.69) is 56.9 Å². The van der Waals surface area contributed by atoms with Gasteiger partial charge < -0.3 is 20.3 Å². The molecule has 1 unspecified atom stereocenters. The van der Waals surface area contributed by atoms with Gasteiger partial charge in [0.15, 0.2) is 5.69 Å². The number of anilines is 2. The minimum Gasteiger partial charge on any atom is -0.378 e. The highest BCUT2D eigenvalue weighted by Crippen LogP contribution is 2.22. The first-order valence-electron chi connectivity index (χ1n) is 8.42. The lowest BCUT2D eigenvalue weighted by Crippen LogP contribution is -2.36. The van der Waals surface area contributed by atoms with Gasteiger partial charge in [0.2, 0.25) is 0 Å². The highest BCUT2D eigenvalue weighted by molar-refractivity contribution is 5.91. The molecule has 132 valence electrons. The van der Waals surface area contributed by atoms with Crippen LogP contribution < -0.4 is 15.5 Å². The van der Waals surface area contributed by atoms with Gasteiger partial charge in [-0.1, -0.05) is 12.1 Å². The van der Waals surface area contributed by atoms with Crippen LogP contribution in [0.1, 0.15) is 29.0 Å². The number of rotatable bonds is 5. The van der Waals surface area contributed by atoms with Crippen molar-refractivity contribution in [1.82, 2.24) is 15.5 Å². The molecule has 2 heterocycles. The smallest absolute Gasteiger partial charge is 0.271 e. The Labute approximate surface area is 147 Å². The summed E-state index contributed by atoms with van der Waals surface area (Å²) in [7, 11) is 1.57. The zero-order chi connectivity index (χ0) is 17.6. The second-order valence-electron chi connectivity index (χ2n) is 5.94. The van der Waals surface area contributed by atoms with Crippen LogP contribution in [-0.2, 0) is 4.74 Å². The summed E-state index contributed by atoms with van der Waals surface area (Å²) in [6, 6.07) is 12.0. The number of hydrogen-bond acceptors (Lipinski definition) is 6. The van der Waals surface area contributed by atoms with Crippen molar-refractivity contribution >= 4 is 17.4 Å². The SMILES string of the molecule is CNC(=O)c1ccc(NC(C)c2ccc(N3CCOCC3)cc2)nn1. The van der Waals surface area contributed by atoms with E-state index in [-0.39, 0.29) is 11.9 Å². The van der Waals surface area contributed by atoms with E-state index in [4.69, 9.17) is 4.74 Å². The van der Waals surface area contributed by atoms with Crippen molar-refractivity contribution in [2.24, 2.45) is 0 Å². The first-order valence-corrected chi connectivity index (χ1v) is 8.42. The molecule has 2 aromatic rings. The molecule has 1 fully saturated rings. The van der Waals surface area contributed by atoms with Crippen LogP contribution in [0.4, 0.5) is 11.5 Å². The van der Waals surface area contributed by atoms with Gasteiger partial charge in [-0.05, 0) is 36.8 Å². The highest BCUT2D eigenvalue weighted by atomic mass is 16.5. The summed E-state index contributed by atoms with van der Waals surface area (Å²) < 4.78 is 5.39. The second-order valence-corrected chi connectivity index (χ2v) is 5.94. The van der Waals surface area contributed by atoms with E-state index in [1.807, 2.05) is 0 Å². The monoisotopic (exact) mass is 341 g/mol. The lowest BCUT2D eigenvalue weighted by molar-refractivity contribution is 0.0957. The minimum atomic E-state index is -0.245. The van der Waals surface area contributed by atoms with Gasteiger partial charge in [-0.25, -0.2) is 0 Å². The number of carbonyl (C=O) groups excluding carboxylic acids is 1. The number of benzene rings is 1. The van der Waals surface area contributed by atoms with Gasteiger partial charge >= 0.3 is 0 Å². The molecule has 7 heteroatoms. The first kappa shape index (κ1) is 17.2. The molecule has 0 spiro atoms. The van der Waals surface area contributed by atoms with E-state index in [9.17, 15) is 4.79 Å². The summed E-state index contributed by atoms with van der Waals surface area (Å²) in [4.78, 5) is 13.8. The molecule has 25 heavy (non-hydrogen) atoms. The van der Waals surface area contributed by atoms with Crippen LogP contribution in [0, 0.1) is 0 Å². The maximum absolute atomic E-state index is 11.5. The average Bonchev–Trinajstić information content (AvgIpc) is 2.68. The summed E-state index contributed by atoms with van der Waals surface area (Å²) in [6.45, 7) is 5.49. The van der Waals surface area contributed by atoms with E-state index < -0.39 is 0 Å². The third kappa shape index (κ3) is 4.24. The predicted molar refractivity (Wildman–Crippen MR) is 96.9 cm³/mol. The summed E-state index contributed by atoms with van der Waals surface area (Å²) >= 11 is 0. The van der Waals surface area contributed by atoms with Crippen molar-refractivity contribution in [3.63, 3.8) is 0 Å². The minimum absolute atomic E-state index is 0.0823. The van der Waals surface area contributed by atoms with Gasteiger partial charge in [-0.15, -0.1) is 10.2 Å². The summed E-state index contributed by atoms with van der Waals surface area (Å²) in [5.41, 5.74) is 2.68. The molecule has 3 rings (SSSR count). The number of nitrogens with one attached hydrogen (secondary N) is 2. The van der Waals surface area contributed by atoms with Crippen LogP contribution in [0.15, 0.2) is 36.4 Å². The van der Waals surface area contributed by atoms with Crippen LogP contribution in [0.2, 0.25) is 0 Å². The standard InChI is InChI=1S/C18H23N5O2/c1-13(20-17-8-7-16(21-22-17)18(24)19-2)14-3-5-15(6-4-14)23-9-11-25-12-10-23/h3-8,13H,9-12H2,1-2H3,(H,19,24)(H,20,22). The Balaban J connectivity index is 1.62. The normalized spacial score (nSPS) is 15.5. The number of nitrogens with zero attached hydrogens (tertiary/aromatic N) is 3. The van der Waals surface area contributed by atoms with Crippen molar-refractivity contribution in [2.45, 2.75) is 13.0 Å². The molecule has 7 nitrogen and oxygen atoms in total. The largest absolute Gasteiger partial charge is 0.378 e. The fraction of sp³-hybridized carbons (Fsp3) is 0.389. The molecular formula is C18H23N5O2.